The Morgan fingerprint density at radius 3 is 2.93 bits per heavy atom. The number of rotatable bonds is 4. The van der Waals surface area contributed by atoms with Gasteiger partial charge in [0.2, 0.25) is 0 Å². The summed E-state index contributed by atoms with van der Waals surface area (Å²) >= 11 is 1.69. The highest BCUT2D eigenvalue weighted by Gasteiger charge is 2.26. The van der Waals surface area contributed by atoms with E-state index in [-0.39, 0.29) is 0 Å². The predicted octanol–water partition coefficient (Wildman–Crippen LogP) is 1.58. The Balaban J connectivity index is 2.24. The summed E-state index contributed by atoms with van der Waals surface area (Å²) in [7, 11) is 0. The molecule has 2 rings (SSSR count). The van der Waals surface area contributed by atoms with Crippen LogP contribution in [0.3, 0.4) is 0 Å². The van der Waals surface area contributed by atoms with Crippen LogP contribution < -0.4 is 5.73 Å². The van der Waals surface area contributed by atoms with Crippen molar-refractivity contribution in [3.63, 3.8) is 0 Å². The zero-order valence-electron chi connectivity index (χ0n) is 8.36. The molecule has 0 amide bonds. The minimum Gasteiger partial charge on any atom is -0.330 e. The highest BCUT2D eigenvalue weighted by Crippen LogP contribution is 2.38. The van der Waals surface area contributed by atoms with E-state index in [4.69, 9.17) is 5.73 Å². The van der Waals surface area contributed by atoms with Crippen molar-refractivity contribution >= 4 is 11.8 Å². The lowest BCUT2D eigenvalue weighted by Crippen LogP contribution is -2.06. The number of aromatic nitrogens is 2. The van der Waals surface area contributed by atoms with Crippen LogP contribution in [0, 0.1) is 0 Å². The summed E-state index contributed by atoms with van der Waals surface area (Å²) < 4.78 is 0. The molecule has 1 heterocycles. The van der Waals surface area contributed by atoms with Crippen molar-refractivity contribution in [1.29, 1.82) is 0 Å². The standard InChI is InChI=1S/C10H15N3S/c1-14-10-8(4-5-11)6-12-9(13-10)7-2-3-7/h6-7H,2-5,11H2,1H3. The van der Waals surface area contributed by atoms with Gasteiger partial charge in [-0.2, -0.15) is 0 Å². The molecule has 2 N–H and O–H groups in total. The zero-order chi connectivity index (χ0) is 9.97. The van der Waals surface area contributed by atoms with Gasteiger partial charge in [-0.15, -0.1) is 11.8 Å². The fraction of sp³-hybridized carbons (Fsp3) is 0.600. The summed E-state index contributed by atoms with van der Waals surface area (Å²) in [6, 6.07) is 0. The van der Waals surface area contributed by atoms with Crippen molar-refractivity contribution in [2.45, 2.75) is 30.2 Å². The van der Waals surface area contributed by atoms with E-state index in [1.54, 1.807) is 11.8 Å². The van der Waals surface area contributed by atoms with Gasteiger partial charge in [0.05, 0.1) is 0 Å². The molecule has 0 unspecified atom stereocenters. The first-order valence-electron chi connectivity index (χ1n) is 4.95. The van der Waals surface area contributed by atoms with Crippen LogP contribution in [0.5, 0.6) is 0 Å². The summed E-state index contributed by atoms with van der Waals surface area (Å²) in [6.45, 7) is 0.666. The first-order valence-corrected chi connectivity index (χ1v) is 6.17. The van der Waals surface area contributed by atoms with Crippen LogP contribution in [0.4, 0.5) is 0 Å². The Morgan fingerprint density at radius 2 is 2.36 bits per heavy atom. The Bertz CT molecular complexity index is 323. The molecule has 0 bridgehead atoms. The molecular formula is C10H15N3S. The van der Waals surface area contributed by atoms with Gasteiger partial charge in [-0.25, -0.2) is 9.97 Å². The molecule has 0 saturated heterocycles. The van der Waals surface area contributed by atoms with Gasteiger partial charge >= 0.3 is 0 Å². The van der Waals surface area contributed by atoms with Crippen molar-refractivity contribution in [3.05, 3.63) is 17.6 Å². The van der Waals surface area contributed by atoms with Crippen LogP contribution >= 0.6 is 11.8 Å². The number of nitrogens with two attached hydrogens (primary N) is 1. The number of hydrogen-bond acceptors (Lipinski definition) is 4. The molecule has 0 atom stereocenters. The molecule has 1 aromatic heterocycles. The molecule has 0 spiro atoms. The van der Waals surface area contributed by atoms with E-state index in [0.717, 1.165) is 17.3 Å². The van der Waals surface area contributed by atoms with Gasteiger partial charge in [-0.3, -0.25) is 0 Å². The van der Waals surface area contributed by atoms with Gasteiger partial charge in [0.1, 0.15) is 10.9 Å². The Labute approximate surface area is 88.5 Å². The molecule has 0 radical (unpaired) electrons. The van der Waals surface area contributed by atoms with Crippen molar-refractivity contribution in [2.24, 2.45) is 5.73 Å². The lowest BCUT2D eigenvalue weighted by molar-refractivity contribution is 0.824. The summed E-state index contributed by atoms with van der Waals surface area (Å²) in [5, 5.41) is 1.10. The smallest absolute Gasteiger partial charge is 0.132 e. The second-order valence-corrected chi connectivity index (χ2v) is 4.37. The zero-order valence-corrected chi connectivity index (χ0v) is 9.18. The molecule has 1 fully saturated rings. The van der Waals surface area contributed by atoms with E-state index >= 15 is 0 Å². The van der Waals surface area contributed by atoms with Gasteiger partial charge in [0, 0.05) is 17.7 Å². The van der Waals surface area contributed by atoms with E-state index in [1.807, 2.05) is 6.20 Å². The third-order valence-corrected chi connectivity index (χ3v) is 3.13. The number of thioether (sulfide) groups is 1. The Morgan fingerprint density at radius 1 is 1.57 bits per heavy atom. The summed E-state index contributed by atoms with van der Waals surface area (Å²) in [5.74, 6) is 1.66. The maximum absolute atomic E-state index is 5.53. The molecule has 1 aliphatic carbocycles. The average Bonchev–Trinajstić information content (AvgIpc) is 3.02. The lowest BCUT2D eigenvalue weighted by Gasteiger charge is -2.06. The first kappa shape index (κ1) is 9.93. The van der Waals surface area contributed by atoms with E-state index in [0.29, 0.717) is 12.5 Å². The van der Waals surface area contributed by atoms with Crippen LogP contribution in [-0.4, -0.2) is 22.8 Å². The third-order valence-electron chi connectivity index (χ3n) is 2.39. The lowest BCUT2D eigenvalue weighted by atomic mass is 10.2. The molecule has 0 aliphatic heterocycles. The normalized spacial score (nSPS) is 15.9. The monoisotopic (exact) mass is 209 g/mol. The van der Waals surface area contributed by atoms with E-state index in [9.17, 15) is 0 Å². The fourth-order valence-electron chi connectivity index (χ4n) is 1.45. The highest BCUT2D eigenvalue weighted by molar-refractivity contribution is 7.98. The van der Waals surface area contributed by atoms with Crippen LogP contribution in [0.2, 0.25) is 0 Å². The summed E-state index contributed by atoms with van der Waals surface area (Å²) in [4.78, 5) is 8.96. The van der Waals surface area contributed by atoms with Gasteiger partial charge in [-0.05, 0) is 32.1 Å². The average molecular weight is 209 g/mol. The minimum atomic E-state index is 0.632. The molecule has 1 aliphatic rings. The Kier molecular flexibility index (Phi) is 3.03. The number of hydrogen-bond donors (Lipinski definition) is 1. The van der Waals surface area contributed by atoms with Crippen molar-refractivity contribution < 1.29 is 0 Å². The molecule has 0 aromatic carbocycles. The van der Waals surface area contributed by atoms with Crippen molar-refractivity contribution in [3.8, 4) is 0 Å². The highest BCUT2D eigenvalue weighted by atomic mass is 32.2. The maximum atomic E-state index is 5.53. The van der Waals surface area contributed by atoms with E-state index < -0.39 is 0 Å². The quantitative estimate of drug-likeness (QED) is 0.604. The largest absolute Gasteiger partial charge is 0.330 e. The van der Waals surface area contributed by atoms with Gasteiger partial charge in [0.15, 0.2) is 0 Å². The van der Waals surface area contributed by atoms with E-state index in [2.05, 4.69) is 16.2 Å². The molecular weight excluding hydrogens is 194 g/mol. The minimum absolute atomic E-state index is 0.632. The fourth-order valence-corrected chi connectivity index (χ4v) is 2.05. The van der Waals surface area contributed by atoms with Crippen molar-refractivity contribution in [2.75, 3.05) is 12.8 Å². The second-order valence-electron chi connectivity index (χ2n) is 3.58. The van der Waals surface area contributed by atoms with Crippen LogP contribution in [0.25, 0.3) is 0 Å². The van der Waals surface area contributed by atoms with Crippen LogP contribution in [0.15, 0.2) is 11.2 Å². The van der Waals surface area contributed by atoms with Gasteiger partial charge < -0.3 is 5.73 Å². The third kappa shape index (κ3) is 2.07. The maximum Gasteiger partial charge on any atom is 0.132 e. The molecule has 1 saturated carbocycles. The molecule has 3 nitrogen and oxygen atoms in total. The molecule has 76 valence electrons. The molecule has 14 heavy (non-hydrogen) atoms. The Hall–Kier alpha value is -0.610. The molecule has 4 heteroatoms. The topological polar surface area (TPSA) is 51.8 Å². The molecule has 1 aromatic rings. The van der Waals surface area contributed by atoms with E-state index in [1.165, 1.54) is 18.4 Å². The second kappa shape index (κ2) is 4.28. The predicted molar refractivity (Wildman–Crippen MR) is 58.5 cm³/mol. The summed E-state index contributed by atoms with van der Waals surface area (Å²) in [6.07, 6.45) is 7.38. The van der Waals surface area contributed by atoms with Crippen LogP contribution in [0.1, 0.15) is 30.1 Å². The number of nitrogens with zero attached hydrogens (tertiary/aromatic N) is 2. The first-order chi connectivity index (χ1) is 6.85. The summed E-state index contributed by atoms with van der Waals surface area (Å²) in [5.41, 5.74) is 6.71. The van der Waals surface area contributed by atoms with Crippen LogP contribution in [-0.2, 0) is 6.42 Å². The van der Waals surface area contributed by atoms with Gasteiger partial charge in [-0.1, -0.05) is 0 Å². The van der Waals surface area contributed by atoms with Gasteiger partial charge in [0.25, 0.3) is 0 Å². The van der Waals surface area contributed by atoms with Crippen molar-refractivity contribution in [1.82, 2.24) is 9.97 Å². The SMILES string of the molecule is CSc1nc(C2CC2)ncc1CCN.